The number of halogens is 1. The van der Waals surface area contributed by atoms with Crippen LogP contribution in [0.4, 0.5) is 0 Å². The molecule has 2 rings (SSSR count). The maximum Gasteiger partial charge on any atom is 0.227 e. The highest BCUT2D eigenvalue weighted by atomic mass is 35.5. The zero-order valence-corrected chi connectivity index (χ0v) is 12.2. The van der Waals surface area contributed by atoms with Gasteiger partial charge < -0.3 is 15.4 Å². The lowest BCUT2D eigenvalue weighted by Gasteiger charge is -2.40. The molecule has 1 aliphatic heterocycles. The Morgan fingerprint density at radius 2 is 2.11 bits per heavy atom. The van der Waals surface area contributed by atoms with Gasteiger partial charge in [-0.1, -0.05) is 12.8 Å². The predicted octanol–water partition coefficient (Wildman–Crippen LogP) is 1.56. The molecule has 0 radical (unpaired) electrons. The summed E-state index contributed by atoms with van der Waals surface area (Å²) in [6, 6.07) is 0.250. The first-order valence-electron chi connectivity index (χ1n) is 6.65. The fraction of sp³-hybridized carbons (Fsp3) is 0.923. The van der Waals surface area contributed by atoms with Crippen molar-refractivity contribution in [1.82, 2.24) is 4.90 Å². The number of hydrogen-bond donors (Lipinski definition) is 1. The van der Waals surface area contributed by atoms with Crippen LogP contribution in [0.5, 0.6) is 0 Å². The van der Waals surface area contributed by atoms with E-state index in [4.69, 9.17) is 10.5 Å². The minimum absolute atomic E-state index is 0. The van der Waals surface area contributed by atoms with Crippen molar-refractivity contribution in [3.63, 3.8) is 0 Å². The molecule has 1 aliphatic carbocycles. The molecule has 0 aromatic carbocycles. The minimum atomic E-state index is -0.330. The van der Waals surface area contributed by atoms with Gasteiger partial charge in [-0.05, 0) is 26.2 Å². The van der Waals surface area contributed by atoms with E-state index in [1.54, 1.807) is 0 Å². The summed E-state index contributed by atoms with van der Waals surface area (Å²) < 4.78 is 5.34. The third-order valence-electron chi connectivity index (χ3n) is 4.35. The number of rotatable bonds is 2. The molecule has 106 valence electrons. The first kappa shape index (κ1) is 15.7. The first-order valence-corrected chi connectivity index (χ1v) is 6.65. The van der Waals surface area contributed by atoms with E-state index in [1.165, 1.54) is 0 Å². The standard InChI is InChI=1S/C13H24N2O2.ClH/c1-13(14)7-4-3-5-11(13)12(16)15(2)10-6-8-17-9-10;/h10-11H,3-9,14H2,1-2H3;1H. The van der Waals surface area contributed by atoms with Gasteiger partial charge in [0.25, 0.3) is 0 Å². The molecule has 0 spiro atoms. The van der Waals surface area contributed by atoms with Gasteiger partial charge in [0.05, 0.1) is 18.6 Å². The Morgan fingerprint density at radius 1 is 1.39 bits per heavy atom. The van der Waals surface area contributed by atoms with Crippen molar-refractivity contribution >= 4 is 18.3 Å². The molecule has 1 saturated carbocycles. The molecule has 1 amide bonds. The van der Waals surface area contributed by atoms with E-state index in [-0.39, 0.29) is 35.8 Å². The number of nitrogens with two attached hydrogens (primary N) is 1. The second kappa shape index (κ2) is 6.22. The van der Waals surface area contributed by atoms with E-state index in [9.17, 15) is 4.79 Å². The fourth-order valence-corrected chi connectivity index (χ4v) is 3.02. The van der Waals surface area contributed by atoms with E-state index in [2.05, 4.69) is 0 Å². The highest BCUT2D eigenvalue weighted by Crippen LogP contribution is 2.33. The Hall–Kier alpha value is -0.320. The molecule has 1 saturated heterocycles. The normalized spacial score (nSPS) is 35.9. The van der Waals surface area contributed by atoms with Gasteiger partial charge in [-0.2, -0.15) is 0 Å². The predicted molar refractivity (Wildman–Crippen MR) is 73.8 cm³/mol. The molecule has 5 heteroatoms. The highest BCUT2D eigenvalue weighted by Gasteiger charge is 2.40. The van der Waals surface area contributed by atoms with Gasteiger partial charge >= 0.3 is 0 Å². The van der Waals surface area contributed by atoms with Crippen molar-refractivity contribution in [2.24, 2.45) is 11.7 Å². The van der Waals surface area contributed by atoms with Gasteiger partial charge in [-0.25, -0.2) is 0 Å². The number of likely N-dealkylation sites (N-methyl/N-ethyl adjacent to an activating group) is 1. The van der Waals surface area contributed by atoms with Crippen molar-refractivity contribution in [1.29, 1.82) is 0 Å². The van der Waals surface area contributed by atoms with Gasteiger partial charge in [0.1, 0.15) is 0 Å². The minimum Gasteiger partial charge on any atom is -0.379 e. The van der Waals surface area contributed by atoms with Gasteiger partial charge in [0.15, 0.2) is 0 Å². The van der Waals surface area contributed by atoms with Gasteiger partial charge in [0.2, 0.25) is 5.91 Å². The maximum absolute atomic E-state index is 12.5. The summed E-state index contributed by atoms with van der Waals surface area (Å²) in [5.41, 5.74) is 5.95. The summed E-state index contributed by atoms with van der Waals surface area (Å²) in [4.78, 5) is 14.4. The average Bonchev–Trinajstić information content (AvgIpc) is 2.80. The zero-order chi connectivity index (χ0) is 12.5. The van der Waals surface area contributed by atoms with Crippen LogP contribution in [-0.4, -0.2) is 42.6 Å². The highest BCUT2D eigenvalue weighted by molar-refractivity contribution is 5.85. The molecule has 18 heavy (non-hydrogen) atoms. The second-order valence-corrected chi connectivity index (χ2v) is 5.77. The van der Waals surface area contributed by atoms with E-state index in [1.807, 2.05) is 18.9 Å². The van der Waals surface area contributed by atoms with E-state index < -0.39 is 0 Å². The lowest BCUT2D eigenvalue weighted by molar-refractivity contribution is -0.139. The van der Waals surface area contributed by atoms with Crippen LogP contribution in [0.25, 0.3) is 0 Å². The lowest BCUT2D eigenvalue weighted by atomic mass is 9.74. The number of carbonyl (C=O) groups excluding carboxylic acids is 1. The van der Waals surface area contributed by atoms with Crippen molar-refractivity contribution < 1.29 is 9.53 Å². The van der Waals surface area contributed by atoms with Crippen molar-refractivity contribution in [2.75, 3.05) is 20.3 Å². The molecule has 3 unspecified atom stereocenters. The molecule has 2 fully saturated rings. The number of ether oxygens (including phenoxy) is 1. The lowest BCUT2D eigenvalue weighted by Crippen LogP contribution is -2.54. The van der Waals surface area contributed by atoms with Gasteiger partial charge in [-0.15, -0.1) is 12.4 Å². The van der Waals surface area contributed by atoms with Gasteiger partial charge in [-0.3, -0.25) is 4.79 Å². The summed E-state index contributed by atoms with van der Waals surface area (Å²) in [5.74, 6) is 0.201. The summed E-state index contributed by atoms with van der Waals surface area (Å²) in [7, 11) is 1.90. The molecule has 2 N–H and O–H groups in total. The van der Waals surface area contributed by atoms with E-state index >= 15 is 0 Å². The number of nitrogens with zero attached hydrogens (tertiary/aromatic N) is 1. The van der Waals surface area contributed by atoms with Crippen LogP contribution < -0.4 is 5.73 Å². The summed E-state index contributed by atoms with van der Waals surface area (Å²) in [6.45, 7) is 3.47. The SMILES string of the molecule is CN(C(=O)C1CCCCC1(C)N)C1CCOC1.Cl. The Kier molecular flexibility index (Phi) is 5.44. The molecule has 0 bridgehead atoms. The van der Waals surface area contributed by atoms with Crippen LogP contribution in [0.2, 0.25) is 0 Å². The zero-order valence-electron chi connectivity index (χ0n) is 11.4. The monoisotopic (exact) mass is 276 g/mol. The molecule has 2 aliphatic rings. The molecule has 0 aromatic rings. The van der Waals surface area contributed by atoms with Crippen LogP contribution in [0, 0.1) is 5.92 Å². The van der Waals surface area contributed by atoms with Crippen LogP contribution >= 0.6 is 12.4 Å². The van der Waals surface area contributed by atoms with Crippen LogP contribution in [0.15, 0.2) is 0 Å². The third kappa shape index (κ3) is 3.16. The number of hydrogen-bond acceptors (Lipinski definition) is 3. The molecule has 3 atom stereocenters. The van der Waals surface area contributed by atoms with Crippen LogP contribution in [0.3, 0.4) is 0 Å². The average molecular weight is 277 g/mol. The molecule has 0 aromatic heterocycles. The maximum atomic E-state index is 12.5. The van der Waals surface area contributed by atoms with Crippen LogP contribution in [-0.2, 0) is 9.53 Å². The largest absolute Gasteiger partial charge is 0.379 e. The Balaban J connectivity index is 0.00000162. The number of amides is 1. The van der Waals surface area contributed by atoms with Crippen molar-refractivity contribution in [3.8, 4) is 0 Å². The third-order valence-corrected chi connectivity index (χ3v) is 4.35. The smallest absolute Gasteiger partial charge is 0.227 e. The summed E-state index contributed by atoms with van der Waals surface area (Å²) in [5, 5.41) is 0. The second-order valence-electron chi connectivity index (χ2n) is 5.77. The van der Waals surface area contributed by atoms with E-state index in [0.717, 1.165) is 38.7 Å². The van der Waals surface area contributed by atoms with Gasteiger partial charge in [0, 0.05) is 19.2 Å². The summed E-state index contributed by atoms with van der Waals surface area (Å²) in [6.07, 6.45) is 5.11. The summed E-state index contributed by atoms with van der Waals surface area (Å²) >= 11 is 0. The number of carbonyl (C=O) groups is 1. The van der Waals surface area contributed by atoms with Crippen molar-refractivity contribution in [2.45, 2.75) is 50.6 Å². The molecule has 1 heterocycles. The molecular weight excluding hydrogens is 252 g/mol. The molecular formula is C13H25ClN2O2. The Morgan fingerprint density at radius 3 is 2.67 bits per heavy atom. The quantitative estimate of drug-likeness (QED) is 0.833. The van der Waals surface area contributed by atoms with Crippen molar-refractivity contribution in [3.05, 3.63) is 0 Å². The molecule has 4 nitrogen and oxygen atoms in total. The first-order chi connectivity index (χ1) is 8.02. The fourth-order valence-electron chi connectivity index (χ4n) is 3.02. The Bertz CT molecular complexity index is 291. The Labute approximate surface area is 116 Å². The van der Waals surface area contributed by atoms with E-state index in [0.29, 0.717) is 6.61 Å². The van der Waals surface area contributed by atoms with Crippen LogP contribution in [0.1, 0.15) is 39.0 Å². The topological polar surface area (TPSA) is 55.6 Å².